The first-order valence-corrected chi connectivity index (χ1v) is 12.9. The van der Waals surface area contributed by atoms with Crippen molar-refractivity contribution in [3.63, 3.8) is 0 Å². The van der Waals surface area contributed by atoms with Gasteiger partial charge in [-0.05, 0) is 50.2 Å². The number of benzene rings is 2. The van der Waals surface area contributed by atoms with Crippen LogP contribution in [0.2, 0.25) is 0 Å². The van der Waals surface area contributed by atoms with Crippen molar-refractivity contribution >= 4 is 60.8 Å². The number of amides is 1. The molecule has 4 aromatic rings. The van der Waals surface area contributed by atoms with Gasteiger partial charge in [0.2, 0.25) is 11.8 Å². The van der Waals surface area contributed by atoms with E-state index in [0.29, 0.717) is 29.1 Å². The van der Waals surface area contributed by atoms with Crippen LogP contribution in [-0.4, -0.2) is 30.2 Å². The molecule has 2 heterocycles. The Kier molecular flexibility index (Phi) is 6.49. The maximum Gasteiger partial charge on any atom is 0.264 e. The lowest BCUT2D eigenvalue weighted by Gasteiger charge is -2.08. The molecule has 11 heteroatoms. The SMILES string of the molecule is Cc1noc(NS(=O)(=O)c2ccc(NC(=O)CCSc3nc4ccccc4s3)cc2)c1C. The Morgan fingerprint density at radius 2 is 1.88 bits per heavy atom. The minimum absolute atomic E-state index is 0.0512. The molecule has 0 radical (unpaired) electrons. The standard InChI is InChI=1S/C21H20N4O4S3/c1-13-14(2)24-29-20(13)25-32(27,28)16-9-7-15(8-10-16)22-19(26)11-12-30-21-23-17-5-3-4-6-18(17)31-21/h3-10,25H,11-12H2,1-2H3,(H,22,26). The van der Waals surface area contributed by atoms with Gasteiger partial charge < -0.3 is 9.84 Å². The van der Waals surface area contributed by atoms with E-state index in [1.807, 2.05) is 24.3 Å². The zero-order chi connectivity index (χ0) is 22.7. The maximum atomic E-state index is 12.5. The smallest absolute Gasteiger partial charge is 0.264 e. The highest BCUT2D eigenvalue weighted by Crippen LogP contribution is 2.29. The molecule has 0 aliphatic heterocycles. The van der Waals surface area contributed by atoms with Crippen molar-refractivity contribution in [2.75, 3.05) is 15.8 Å². The van der Waals surface area contributed by atoms with Gasteiger partial charge in [0.15, 0.2) is 4.34 Å². The molecule has 0 unspecified atom stereocenters. The van der Waals surface area contributed by atoms with Crippen LogP contribution in [0.5, 0.6) is 0 Å². The van der Waals surface area contributed by atoms with Gasteiger partial charge in [-0.1, -0.05) is 29.1 Å². The van der Waals surface area contributed by atoms with Crippen LogP contribution in [-0.2, 0) is 14.8 Å². The molecule has 0 aliphatic carbocycles. The summed E-state index contributed by atoms with van der Waals surface area (Å²) in [4.78, 5) is 16.8. The van der Waals surface area contributed by atoms with Crippen LogP contribution in [0, 0.1) is 13.8 Å². The third-order valence-electron chi connectivity index (χ3n) is 4.66. The molecule has 1 amide bonds. The largest absolute Gasteiger partial charge is 0.337 e. The predicted molar refractivity (Wildman–Crippen MR) is 127 cm³/mol. The van der Waals surface area contributed by atoms with Crippen molar-refractivity contribution < 1.29 is 17.7 Å². The molecule has 4 rings (SSSR count). The zero-order valence-electron chi connectivity index (χ0n) is 17.3. The van der Waals surface area contributed by atoms with Crippen molar-refractivity contribution in [1.82, 2.24) is 10.1 Å². The second kappa shape index (κ2) is 9.31. The number of hydrogen-bond donors (Lipinski definition) is 2. The average Bonchev–Trinajstić information content (AvgIpc) is 3.32. The monoisotopic (exact) mass is 488 g/mol. The number of nitrogens with one attached hydrogen (secondary N) is 2. The Balaban J connectivity index is 1.30. The van der Waals surface area contributed by atoms with Crippen LogP contribution in [0.3, 0.4) is 0 Å². The molecule has 0 atom stereocenters. The summed E-state index contributed by atoms with van der Waals surface area (Å²) in [6.07, 6.45) is 0.312. The van der Waals surface area contributed by atoms with E-state index in [0.717, 1.165) is 14.6 Å². The summed E-state index contributed by atoms with van der Waals surface area (Å²) in [5.41, 5.74) is 2.72. The second-order valence-electron chi connectivity index (χ2n) is 6.95. The minimum atomic E-state index is -3.83. The molecular weight excluding hydrogens is 468 g/mol. The summed E-state index contributed by atoms with van der Waals surface area (Å²) >= 11 is 3.15. The fourth-order valence-corrected chi connectivity index (χ4v) is 5.90. The third-order valence-corrected chi connectivity index (χ3v) is 8.19. The third kappa shape index (κ3) is 5.12. The van der Waals surface area contributed by atoms with Crippen LogP contribution < -0.4 is 10.0 Å². The molecule has 0 aliphatic rings. The number of fused-ring (bicyclic) bond motifs is 1. The van der Waals surface area contributed by atoms with Gasteiger partial charge in [0.05, 0.1) is 20.8 Å². The summed E-state index contributed by atoms with van der Waals surface area (Å²) < 4.78 is 34.5. The van der Waals surface area contributed by atoms with Crippen LogP contribution in [0.4, 0.5) is 11.6 Å². The van der Waals surface area contributed by atoms with E-state index in [-0.39, 0.29) is 16.7 Å². The van der Waals surface area contributed by atoms with Crippen LogP contribution in [0.25, 0.3) is 10.2 Å². The van der Waals surface area contributed by atoms with Crippen molar-refractivity contribution in [3.05, 3.63) is 59.8 Å². The number of thioether (sulfide) groups is 1. The van der Waals surface area contributed by atoms with Gasteiger partial charge in [-0.2, -0.15) is 0 Å². The molecule has 0 bridgehead atoms. The van der Waals surface area contributed by atoms with Gasteiger partial charge in [-0.15, -0.1) is 11.3 Å². The maximum absolute atomic E-state index is 12.5. The Morgan fingerprint density at radius 3 is 2.56 bits per heavy atom. The van der Waals surface area contributed by atoms with E-state index < -0.39 is 10.0 Å². The van der Waals surface area contributed by atoms with Gasteiger partial charge in [0, 0.05) is 23.4 Å². The Labute approximate surface area is 193 Å². The van der Waals surface area contributed by atoms with E-state index in [9.17, 15) is 13.2 Å². The van der Waals surface area contributed by atoms with Crippen LogP contribution in [0.15, 0.2) is 62.3 Å². The normalized spacial score (nSPS) is 11.6. The summed E-state index contributed by atoms with van der Waals surface area (Å²) in [5, 5.41) is 6.52. The van der Waals surface area contributed by atoms with Gasteiger partial charge in [0.25, 0.3) is 10.0 Å². The molecule has 166 valence electrons. The number of rotatable bonds is 8. The summed E-state index contributed by atoms with van der Waals surface area (Å²) in [6.45, 7) is 3.45. The minimum Gasteiger partial charge on any atom is -0.337 e. The van der Waals surface area contributed by atoms with Crippen molar-refractivity contribution in [3.8, 4) is 0 Å². The van der Waals surface area contributed by atoms with Crippen molar-refractivity contribution in [2.45, 2.75) is 29.5 Å². The molecule has 2 N–H and O–H groups in total. The molecule has 8 nitrogen and oxygen atoms in total. The second-order valence-corrected chi connectivity index (χ2v) is 11.0. The number of aromatic nitrogens is 2. The molecular formula is C21H20N4O4S3. The van der Waals surface area contributed by atoms with Crippen molar-refractivity contribution in [2.24, 2.45) is 0 Å². The number of carbonyl (C=O) groups is 1. The summed E-state index contributed by atoms with van der Waals surface area (Å²) in [5.74, 6) is 0.531. The van der Waals surface area contributed by atoms with Crippen LogP contribution in [0.1, 0.15) is 17.7 Å². The molecule has 0 saturated heterocycles. The molecule has 0 spiro atoms. The highest BCUT2D eigenvalue weighted by molar-refractivity contribution is 8.01. The predicted octanol–water partition coefficient (Wildman–Crippen LogP) is 4.82. The first-order chi connectivity index (χ1) is 15.3. The van der Waals surface area contributed by atoms with Gasteiger partial charge >= 0.3 is 0 Å². The molecule has 32 heavy (non-hydrogen) atoms. The first-order valence-electron chi connectivity index (χ1n) is 9.66. The highest BCUT2D eigenvalue weighted by Gasteiger charge is 2.19. The summed E-state index contributed by atoms with van der Waals surface area (Å²) in [7, 11) is -3.83. The highest BCUT2D eigenvalue weighted by atomic mass is 32.2. The number of anilines is 2. The van der Waals surface area contributed by atoms with E-state index in [1.54, 1.807) is 37.3 Å². The number of thiazole rings is 1. The Morgan fingerprint density at radius 1 is 1.12 bits per heavy atom. The number of aryl methyl sites for hydroxylation is 1. The summed E-state index contributed by atoms with van der Waals surface area (Å²) in [6, 6.07) is 13.9. The lowest BCUT2D eigenvalue weighted by molar-refractivity contribution is -0.115. The molecule has 0 fully saturated rings. The number of sulfonamides is 1. The van der Waals surface area contributed by atoms with E-state index in [1.165, 1.54) is 23.9 Å². The number of hydrogen-bond acceptors (Lipinski definition) is 8. The van der Waals surface area contributed by atoms with Gasteiger partial charge in [0.1, 0.15) is 0 Å². The van der Waals surface area contributed by atoms with E-state index >= 15 is 0 Å². The molecule has 2 aromatic carbocycles. The Hall–Kier alpha value is -2.89. The fraction of sp³-hybridized carbons (Fsp3) is 0.190. The average molecular weight is 489 g/mol. The Bertz CT molecular complexity index is 1330. The number of carbonyl (C=O) groups excluding carboxylic acids is 1. The molecule has 0 saturated carbocycles. The number of nitrogens with zero attached hydrogens (tertiary/aromatic N) is 2. The lowest BCUT2D eigenvalue weighted by atomic mass is 10.3. The zero-order valence-corrected chi connectivity index (χ0v) is 19.7. The quantitative estimate of drug-likeness (QED) is 0.342. The first kappa shape index (κ1) is 22.3. The molecule has 2 aromatic heterocycles. The van der Waals surface area contributed by atoms with Crippen molar-refractivity contribution in [1.29, 1.82) is 0 Å². The van der Waals surface area contributed by atoms with Crippen LogP contribution >= 0.6 is 23.1 Å². The topological polar surface area (TPSA) is 114 Å². The fourth-order valence-electron chi connectivity index (χ4n) is 2.78. The lowest BCUT2D eigenvalue weighted by Crippen LogP contribution is -2.14. The van der Waals surface area contributed by atoms with Gasteiger partial charge in [-0.3, -0.25) is 4.79 Å². The number of para-hydroxylation sites is 1. The van der Waals surface area contributed by atoms with E-state index in [2.05, 4.69) is 20.2 Å². The van der Waals surface area contributed by atoms with E-state index in [4.69, 9.17) is 4.52 Å². The van der Waals surface area contributed by atoms with Gasteiger partial charge in [-0.25, -0.2) is 18.1 Å².